The first-order chi connectivity index (χ1) is 40.7. The number of aliphatic hydroxyl groups is 1. The molecule has 0 saturated carbocycles. The van der Waals surface area contributed by atoms with E-state index in [4.69, 9.17) is 27.9 Å². The zero-order valence-corrected chi connectivity index (χ0v) is 55.2. The van der Waals surface area contributed by atoms with Crippen LogP contribution >= 0.6 is 23.2 Å². The molecule has 3 aromatic carbocycles. The number of halogens is 2. The number of nitrogens with one attached hydrogen (secondary N) is 3. The molecular formula is C66H94Cl2N8O11. The van der Waals surface area contributed by atoms with Crippen LogP contribution in [0.5, 0.6) is 0 Å². The standard InChI is InChI=1S/C66H94Cl2N8O11/c1-17-40(9)52-63(83)73(14)53(38(5)6)58(78)69-48(32-37(3)4)61(81)75(16)56(66(11,12)86)65(85)87-55(41(10)18-2)64(84)74(15)54(39(7)8)59(79)70-49(34-42-24-20-19-21-25-42)60(80)72(13)51(62(82)76-31-23-28-50(76)57(77)71-52)35-43-26-22-27-44(33-43)45-29-30-46(67)47(68)36-45/h19-22,24-27,29-30,33,36-41,48-56,86H,17-18,23,28,31-32,34-35H2,1-16H3,(H,69,78)(H,70,79)(H,71,77)/t40-,41-,48-,49-,50-,51-,52-,53?,54?,55+,56+/m0/s1. The number of amides is 8. The summed E-state index contributed by atoms with van der Waals surface area (Å²) in [5.74, 6) is -9.00. The average molecular weight is 1250 g/mol. The number of fused-ring (bicyclic) bond motifs is 1. The Balaban J connectivity index is 1.73. The molecule has 2 saturated heterocycles. The minimum atomic E-state index is -1.99. The molecule has 11 atom stereocenters. The number of carbonyl (C=O) groups is 9. The summed E-state index contributed by atoms with van der Waals surface area (Å²) in [7, 11) is 5.64. The van der Waals surface area contributed by atoms with E-state index in [0.717, 1.165) is 16.0 Å². The third-order valence-electron chi connectivity index (χ3n) is 17.1. The molecule has 8 amide bonds. The van der Waals surface area contributed by atoms with Crippen LogP contribution < -0.4 is 16.0 Å². The summed E-state index contributed by atoms with van der Waals surface area (Å²) in [5, 5.41) is 21.3. The van der Waals surface area contributed by atoms with Crippen molar-refractivity contribution < 1.29 is 53.0 Å². The second-order valence-electron chi connectivity index (χ2n) is 25.5. The summed E-state index contributed by atoms with van der Waals surface area (Å²) in [5.41, 5.74) is 0.798. The molecule has 0 spiro atoms. The lowest BCUT2D eigenvalue weighted by molar-refractivity contribution is -0.177. The maximum Gasteiger partial charge on any atom is 0.332 e. The fraction of sp³-hybridized carbons (Fsp3) is 0.591. The van der Waals surface area contributed by atoms with Crippen LogP contribution in [0.1, 0.15) is 126 Å². The normalized spacial score (nSPS) is 25.1. The molecule has 2 aliphatic heterocycles. The molecule has 21 heteroatoms. The zero-order valence-electron chi connectivity index (χ0n) is 53.7. The van der Waals surface area contributed by atoms with Crippen molar-refractivity contribution in [1.29, 1.82) is 0 Å². The Kier molecular flexibility index (Phi) is 25.4. The number of likely N-dealkylation sites (N-methyl/N-ethyl adjacent to an activating group) is 4. The summed E-state index contributed by atoms with van der Waals surface area (Å²) in [6, 6.07) is 11.2. The van der Waals surface area contributed by atoms with Gasteiger partial charge in [-0.2, -0.15) is 0 Å². The van der Waals surface area contributed by atoms with Crippen molar-refractivity contribution in [2.24, 2.45) is 29.6 Å². The summed E-state index contributed by atoms with van der Waals surface area (Å²) in [6.07, 6.45) is -0.203. The third kappa shape index (κ3) is 17.6. The molecule has 4 N–H and O–H groups in total. The molecule has 5 rings (SSSR count). The van der Waals surface area contributed by atoms with E-state index in [1.807, 2.05) is 57.2 Å². The lowest BCUT2D eigenvalue weighted by Gasteiger charge is -2.39. The highest BCUT2D eigenvalue weighted by Gasteiger charge is 2.48. The Hall–Kier alpha value is -6.57. The predicted molar refractivity (Wildman–Crippen MR) is 337 cm³/mol. The highest BCUT2D eigenvalue weighted by molar-refractivity contribution is 6.42. The molecule has 0 radical (unpaired) electrons. The number of hydrogen-bond acceptors (Lipinski definition) is 11. The number of carbonyl (C=O) groups excluding carboxylic acids is 9. The number of hydrogen-bond donors (Lipinski definition) is 4. The number of benzene rings is 3. The molecule has 2 fully saturated rings. The molecule has 2 heterocycles. The smallest absolute Gasteiger partial charge is 0.332 e. The zero-order chi connectivity index (χ0) is 65.1. The molecule has 3 aromatic rings. The van der Waals surface area contributed by atoms with E-state index in [1.54, 1.807) is 84.9 Å². The average Bonchev–Trinajstić information content (AvgIpc) is 2.68. The van der Waals surface area contributed by atoms with Gasteiger partial charge in [-0.3, -0.25) is 38.4 Å². The van der Waals surface area contributed by atoms with E-state index in [-0.39, 0.29) is 38.1 Å². The van der Waals surface area contributed by atoms with Gasteiger partial charge in [0.2, 0.25) is 41.4 Å². The number of cyclic esters (lactones) is 1. The van der Waals surface area contributed by atoms with Crippen LogP contribution in [0, 0.1) is 29.6 Å². The van der Waals surface area contributed by atoms with Gasteiger partial charge in [0, 0.05) is 53.5 Å². The van der Waals surface area contributed by atoms with Crippen molar-refractivity contribution in [1.82, 2.24) is 40.4 Å². The maximum atomic E-state index is 15.7. The van der Waals surface area contributed by atoms with Gasteiger partial charge in [-0.05, 0) is 97.6 Å². The summed E-state index contributed by atoms with van der Waals surface area (Å²) >= 11 is 12.8. The van der Waals surface area contributed by atoms with Gasteiger partial charge in [0.05, 0.1) is 15.6 Å². The third-order valence-corrected chi connectivity index (χ3v) is 17.9. The van der Waals surface area contributed by atoms with E-state index >= 15 is 24.0 Å². The van der Waals surface area contributed by atoms with Gasteiger partial charge in [0.15, 0.2) is 12.1 Å². The van der Waals surface area contributed by atoms with Crippen LogP contribution in [0.2, 0.25) is 10.0 Å². The minimum Gasteiger partial charge on any atom is -0.450 e. The second kappa shape index (κ2) is 31.1. The monoisotopic (exact) mass is 1240 g/mol. The summed E-state index contributed by atoms with van der Waals surface area (Å²) in [4.78, 5) is 142. The number of rotatable bonds is 14. The van der Waals surface area contributed by atoms with Crippen molar-refractivity contribution in [2.45, 2.75) is 188 Å². The van der Waals surface area contributed by atoms with Crippen LogP contribution in [0.25, 0.3) is 11.1 Å². The largest absolute Gasteiger partial charge is 0.450 e. The predicted octanol–water partition coefficient (Wildman–Crippen LogP) is 7.35. The number of nitrogens with zero attached hydrogens (tertiary/aromatic N) is 5. The van der Waals surface area contributed by atoms with Crippen molar-refractivity contribution >= 4 is 76.4 Å². The Morgan fingerprint density at radius 2 is 1.14 bits per heavy atom. The highest BCUT2D eigenvalue weighted by Crippen LogP contribution is 2.31. The first-order valence-corrected chi connectivity index (χ1v) is 31.3. The molecule has 0 aromatic heterocycles. The maximum absolute atomic E-state index is 15.7. The van der Waals surface area contributed by atoms with Gasteiger partial charge in [-0.25, -0.2) is 4.79 Å². The van der Waals surface area contributed by atoms with Crippen molar-refractivity contribution in [2.75, 3.05) is 34.7 Å². The molecule has 2 unspecified atom stereocenters. The second-order valence-corrected chi connectivity index (χ2v) is 26.3. The fourth-order valence-corrected chi connectivity index (χ4v) is 12.2. The van der Waals surface area contributed by atoms with Crippen LogP contribution in [0.4, 0.5) is 0 Å². The van der Waals surface area contributed by atoms with Gasteiger partial charge in [-0.1, -0.05) is 160 Å². The molecule has 2 aliphatic rings. The van der Waals surface area contributed by atoms with E-state index < -0.39 is 137 Å². The minimum absolute atomic E-state index is 0.0470. The van der Waals surface area contributed by atoms with Crippen LogP contribution in [-0.4, -0.2) is 178 Å². The van der Waals surface area contributed by atoms with Crippen LogP contribution in [-0.2, 0) is 60.7 Å². The SMILES string of the molecule is CC[C@H](C)[C@@H]1NC(=O)[C@@H]2CCCN2C(=O)[C@H](Cc2cccc(-c3ccc(Cl)c(Cl)c3)c2)N(C)C(=O)[C@H](Cc2ccccc2)NC(=O)C(C(C)C)N(C)C(=O)[C@@H]([C@@H](C)CC)OC(=O)[C@H](C(C)(C)O)N(C)C(=O)[C@H](CC(C)C)NC(=O)C(C(C)C)N(C)C1=O. The highest BCUT2D eigenvalue weighted by atomic mass is 35.5. The first kappa shape index (κ1) is 71.2. The summed E-state index contributed by atoms with van der Waals surface area (Å²) in [6.45, 7) is 20.5. The van der Waals surface area contributed by atoms with Gasteiger partial charge in [0.25, 0.3) is 5.91 Å². The van der Waals surface area contributed by atoms with Gasteiger partial charge >= 0.3 is 5.97 Å². The Morgan fingerprint density at radius 3 is 1.69 bits per heavy atom. The Labute approximate surface area is 524 Å². The number of ether oxygens (including phenoxy) is 1. The topological polar surface area (TPSA) is 235 Å². The molecule has 0 bridgehead atoms. The van der Waals surface area contributed by atoms with Crippen molar-refractivity contribution in [3.63, 3.8) is 0 Å². The van der Waals surface area contributed by atoms with E-state index in [0.29, 0.717) is 40.4 Å². The van der Waals surface area contributed by atoms with E-state index in [9.17, 15) is 24.3 Å². The molecule has 19 nitrogen and oxygen atoms in total. The first-order valence-electron chi connectivity index (χ1n) is 30.5. The quantitative estimate of drug-likeness (QED) is 0.117. The molecule has 87 heavy (non-hydrogen) atoms. The van der Waals surface area contributed by atoms with E-state index in [2.05, 4.69) is 16.0 Å². The Bertz CT molecular complexity index is 2940. The number of esters is 1. The molecule has 0 aliphatic carbocycles. The van der Waals surface area contributed by atoms with Crippen molar-refractivity contribution in [3.05, 3.63) is 94.0 Å². The summed E-state index contributed by atoms with van der Waals surface area (Å²) < 4.78 is 6.12. The molecular weight excluding hydrogens is 1150 g/mol. The van der Waals surface area contributed by atoms with Crippen molar-refractivity contribution in [3.8, 4) is 11.1 Å². The van der Waals surface area contributed by atoms with Gasteiger partial charge < -0.3 is 50.3 Å². The Morgan fingerprint density at radius 1 is 0.586 bits per heavy atom. The van der Waals surface area contributed by atoms with Crippen LogP contribution in [0.15, 0.2) is 72.8 Å². The van der Waals surface area contributed by atoms with Gasteiger partial charge in [0.1, 0.15) is 42.3 Å². The lowest BCUT2D eigenvalue weighted by atomic mass is 9.93. The van der Waals surface area contributed by atoms with Crippen LogP contribution in [0.3, 0.4) is 0 Å². The van der Waals surface area contributed by atoms with E-state index in [1.165, 1.54) is 61.6 Å². The van der Waals surface area contributed by atoms with Gasteiger partial charge in [-0.15, -0.1) is 0 Å². The lowest BCUT2D eigenvalue weighted by Crippen LogP contribution is -2.63. The molecule has 478 valence electrons. The fourth-order valence-electron chi connectivity index (χ4n) is 11.9.